The largest absolute Gasteiger partial charge is 0.353 e. The second-order valence-electron chi connectivity index (χ2n) is 3.06. The van der Waals surface area contributed by atoms with Gasteiger partial charge in [-0.25, -0.2) is 4.79 Å². The van der Waals surface area contributed by atoms with E-state index in [1.165, 1.54) is 6.92 Å². The first-order valence-electron chi connectivity index (χ1n) is 4.82. The van der Waals surface area contributed by atoms with Crippen LogP contribution in [0.3, 0.4) is 0 Å². The molecule has 0 amide bonds. The van der Waals surface area contributed by atoms with Crippen LogP contribution in [0.2, 0.25) is 0 Å². The highest BCUT2D eigenvalue weighted by atomic mass is 17.2. The van der Waals surface area contributed by atoms with Gasteiger partial charge in [-0.05, 0) is 19.3 Å². The van der Waals surface area contributed by atoms with E-state index in [-0.39, 0.29) is 12.9 Å². The average Bonchev–Trinajstić information content (AvgIpc) is 2.18. The first kappa shape index (κ1) is 11.4. The number of hydrogen-bond donors (Lipinski definition) is 0. The third-order valence-corrected chi connectivity index (χ3v) is 1.78. The topological polar surface area (TPSA) is 54.0 Å². The zero-order valence-electron chi connectivity index (χ0n) is 8.36. The summed E-state index contributed by atoms with van der Waals surface area (Å²) in [6.07, 6.45) is 3.04. The Balaban J connectivity index is 1.90. The Kier molecular flexibility index (Phi) is 5.51. The fourth-order valence-electron chi connectivity index (χ4n) is 1.18. The smallest absolute Gasteiger partial charge is 0.339 e. The summed E-state index contributed by atoms with van der Waals surface area (Å²) in [4.78, 5) is 19.1. The van der Waals surface area contributed by atoms with Crippen LogP contribution in [0.4, 0.5) is 0 Å². The van der Waals surface area contributed by atoms with Gasteiger partial charge in [0.05, 0.1) is 6.61 Å². The van der Waals surface area contributed by atoms with Crippen molar-refractivity contribution in [2.45, 2.75) is 32.5 Å². The number of ether oxygens (including phenoxy) is 2. The van der Waals surface area contributed by atoms with Gasteiger partial charge < -0.3 is 9.47 Å². The lowest BCUT2D eigenvalue weighted by Crippen LogP contribution is -2.24. The molecule has 1 unspecified atom stereocenters. The Hall–Kier alpha value is -0.650. The number of carbonyl (C=O) groups excluding carboxylic acids is 1. The minimum absolute atomic E-state index is 0.121. The van der Waals surface area contributed by atoms with Crippen molar-refractivity contribution < 1.29 is 24.0 Å². The van der Waals surface area contributed by atoms with Crippen molar-refractivity contribution >= 4 is 5.97 Å². The van der Waals surface area contributed by atoms with Crippen LogP contribution in [0.25, 0.3) is 0 Å². The molecular weight excluding hydrogens is 188 g/mol. The molecule has 0 aromatic carbocycles. The molecule has 14 heavy (non-hydrogen) atoms. The van der Waals surface area contributed by atoms with Gasteiger partial charge in [0.1, 0.15) is 6.61 Å². The molecule has 1 heterocycles. The number of hydrogen-bond acceptors (Lipinski definition) is 5. The van der Waals surface area contributed by atoms with E-state index in [0.29, 0.717) is 6.61 Å². The Labute approximate surface area is 83.2 Å². The van der Waals surface area contributed by atoms with E-state index in [2.05, 4.69) is 9.78 Å². The Bertz CT molecular complexity index is 165. The lowest BCUT2D eigenvalue weighted by molar-refractivity contribution is -0.281. The van der Waals surface area contributed by atoms with Gasteiger partial charge in [0.15, 0.2) is 6.29 Å². The minimum Gasteiger partial charge on any atom is -0.353 e. The van der Waals surface area contributed by atoms with Crippen molar-refractivity contribution in [3.05, 3.63) is 0 Å². The third-order valence-electron chi connectivity index (χ3n) is 1.78. The Morgan fingerprint density at radius 2 is 2.29 bits per heavy atom. The molecule has 5 nitrogen and oxygen atoms in total. The summed E-state index contributed by atoms with van der Waals surface area (Å²) < 4.78 is 10.6. The Morgan fingerprint density at radius 1 is 1.43 bits per heavy atom. The molecule has 0 saturated carbocycles. The van der Waals surface area contributed by atoms with Crippen molar-refractivity contribution in [2.75, 3.05) is 19.8 Å². The van der Waals surface area contributed by atoms with Crippen LogP contribution in [0.15, 0.2) is 0 Å². The predicted molar refractivity (Wildman–Crippen MR) is 47.3 cm³/mol. The van der Waals surface area contributed by atoms with Gasteiger partial charge >= 0.3 is 5.97 Å². The first-order chi connectivity index (χ1) is 6.79. The quantitative estimate of drug-likeness (QED) is 0.380. The molecule has 0 aliphatic carbocycles. The zero-order chi connectivity index (χ0) is 10.2. The molecule has 0 radical (unpaired) electrons. The number of carbonyl (C=O) groups is 1. The van der Waals surface area contributed by atoms with E-state index in [9.17, 15) is 4.79 Å². The fraction of sp³-hybridized carbons (Fsp3) is 0.889. The first-order valence-corrected chi connectivity index (χ1v) is 4.82. The van der Waals surface area contributed by atoms with Gasteiger partial charge in [0, 0.05) is 13.5 Å². The summed E-state index contributed by atoms with van der Waals surface area (Å²) in [7, 11) is 0. The van der Waals surface area contributed by atoms with Crippen LogP contribution >= 0.6 is 0 Å². The van der Waals surface area contributed by atoms with E-state index in [1.54, 1.807) is 0 Å². The summed E-state index contributed by atoms with van der Waals surface area (Å²) in [6.45, 7) is 2.65. The van der Waals surface area contributed by atoms with E-state index < -0.39 is 5.97 Å². The van der Waals surface area contributed by atoms with Gasteiger partial charge in [-0.15, -0.1) is 0 Å². The van der Waals surface area contributed by atoms with Crippen molar-refractivity contribution in [3.8, 4) is 0 Å². The predicted octanol–water partition coefficient (Wildman–Crippen LogP) is 1.02. The monoisotopic (exact) mass is 204 g/mol. The van der Waals surface area contributed by atoms with E-state index in [0.717, 1.165) is 25.9 Å². The highest BCUT2D eigenvalue weighted by Gasteiger charge is 2.13. The highest BCUT2D eigenvalue weighted by molar-refractivity contribution is 5.65. The third kappa shape index (κ3) is 5.16. The van der Waals surface area contributed by atoms with Gasteiger partial charge in [-0.3, -0.25) is 4.89 Å². The molecule has 0 N–H and O–H groups in total. The van der Waals surface area contributed by atoms with Crippen molar-refractivity contribution in [2.24, 2.45) is 0 Å². The molecule has 1 aliphatic rings. The number of rotatable bonds is 5. The normalized spacial score (nSPS) is 21.9. The van der Waals surface area contributed by atoms with Crippen LogP contribution < -0.4 is 0 Å². The molecule has 5 heteroatoms. The summed E-state index contributed by atoms with van der Waals surface area (Å²) in [5, 5.41) is 0. The maximum atomic E-state index is 10.3. The SMILES string of the molecule is CC(=O)OOCCOC1CCCCO1. The summed E-state index contributed by atoms with van der Waals surface area (Å²) in [5.74, 6) is -0.459. The van der Waals surface area contributed by atoms with Gasteiger partial charge in [0.2, 0.25) is 0 Å². The summed E-state index contributed by atoms with van der Waals surface area (Å²) in [5.41, 5.74) is 0. The molecule has 1 rings (SSSR count). The van der Waals surface area contributed by atoms with Crippen LogP contribution in [-0.2, 0) is 24.0 Å². The second kappa shape index (κ2) is 6.75. The lowest BCUT2D eigenvalue weighted by Gasteiger charge is -2.22. The maximum absolute atomic E-state index is 10.3. The molecule has 0 spiro atoms. The standard InChI is InChI=1S/C9H16O5/c1-8(10)14-13-7-6-12-9-4-2-3-5-11-9/h9H,2-7H2,1H3. The molecule has 1 atom stereocenters. The van der Waals surface area contributed by atoms with Crippen LogP contribution in [0.1, 0.15) is 26.2 Å². The lowest BCUT2D eigenvalue weighted by atomic mass is 10.2. The van der Waals surface area contributed by atoms with Gasteiger partial charge in [-0.1, -0.05) is 0 Å². The molecule has 0 aromatic rings. The highest BCUT2D eigenvalue weighted by Crippen LogP contribution is 2.13. The van der Waals surface area contributed by atoms with Crippen molar-refractivity contribution in [3.63, 3.8) is 0 Å². The van der Waals surface area contributed by atoms with Crippen LogP contribution in [-0.4, -0.2) is 32.1 Å². The molecule has 1 fully saturated rings. The Morgan fingerprint density at radius 3 is 2.93 bits per heavy atom. The maximum Gasteiger partial charge on any atom is 0.339 e. The molecule has 0 bridgehead atoms. The zero-order valence-corrected chi connectivity index (χ0v) is 8.36. The second-order valence-corrected chi connectivity index (χ2v) is 3.06. The van der Waals surface area contributed by atoms with E-state index in [1.807, 2.05) is 0 Å². The van der Waals surface area contributed by atoms with Gasteiger partial charge in [-0.2, -0.15) is 4.89 Å². The van der Waals surface area contributed by atoms with E-state index >= 15 is 0 Å². The fourth-order valence-corrected chi connectivity index (χ4v) is 1.18. The molecule has 1 saturated heterocycles. The van der Waals surface area contributed by atoms with Gasteiger partial charge in [0.25, 0.3) is 0 Å². The molecule has 1 aliphatic heterocycles. The van der Waals surface area contributed by atoms with E-state index in [4.69, 9.17) is 9.47 Å². The summed E-state index contributed by atoms with van der Waals surface area (Å²) >= 11 is 0. The molecule has 0 aromatic heterocycles. The molecule has 82 valence electrons. The van der Waals surface area contributed by atoms with Crippen molar-refractivity contribution in [1.82, 2.24) is 0 Å². The van der Waals surface area contributed by atoms with Crippen LogP contribution in [0.5, 0.6) is 0 Å². The van der Waals surface area contributed by atoms with Crippen LogP contribution in [0, 0.1) is 0 Å². The molecular formula is C9H16O5. The van der Waals surface area contributed by atoms with Crippen molar-refractivity contribution in [1.29, 1.82) is 0 Å². The summed E-state index contributed by atoms with van der Waals surface area (Å²) in [6, 6.07) is 0. The average molecular weight is 204 g/mol. The minimum atomic E-state index is -0.459.